The fraction of sp³-hybridized carbons (Fsp3) is 0.720. The van der Waals surface area contributed by atoms with Gasteiger partial charge in [-0.25, -0.2) is 0 Å². The molecule has 182 valence electrons. The second kappa shape index (κ2) is 9.01. The van der Waals surface area contributed by atoms with Crippen LogP contribution in [0.15, 0.2) is 18.2 Å². The van der Waals surface area contributed by atoms with Crippen LogP contribution in [0.2, 0.25) is 0 Å². The highest BCUT2D eigenvalue weighted by Crippen LogP contribution is 2.57. The number of benzene rings is 1. The molecule has 1 aromatic carbocycles. The molecule has 0 aromatic heterocycles. The molecule has 1 N–H and O–H groups in total. The van der Waals surface area contributed by atoms with E-state index in [4.69, 9.17) is 9.47 Å². The van der Waals surface area contributed by atoms with Gasteiger partial charge in [-0.15, -0.1) is 0 Å². The van der Waals surface area contributed by atoms with Gasteiger partial charge in [0.15, 0.2) is 11.5 Å². The number of ether oxygens (including phenoxy) is 2. The molecule has 8 heteroatoms. The van der Waals surface area contributed by atoms with Gasteiger partial charge in [-0.1, -0.05) is 12.1 Å². The third-order valence-corrected chi connectivity index (χ3v) is 8.29. The largest absolute Gasteiger partial charge is 0.454 e. The number of fused-ring (bicyclic) bond motifs is 1. The molecule has 1 unspecified atom stereocenters. The van der Waals surface area contributed by atoms with Gasteiger partial charge in [0.2, 0.25) is 12.7 Å². The number of hydrogen-bond acceptors (Lipinski definition) is 4. The van der Waals surface area contributed by atoms with Gasteiger partial charge in [-0.05, 0) is 94.3 Å². The van der Waals surface area contributed by atoms with Gasteiger partial charge in [0.25, 0.3) is 0 Å². The minimum absolute atomic E-state index is 0.0545. The van der Waals surface area contributed by atoms with Crippen molar-refractivity contribution in [2.75, 3.05) is 26.4 Å². The summed E-state index contributed by atoms with van der Waals surface area (Å²) in [5, 5.41) is 2.62. The maximum Gasteiger partial charge on any atom is 0.397 e. The molecule has 2 heterocycles. The van der Waals surface area contributed by atoms with Crippen LogP contribution < -0.4 is 14.8 Å². The Labute approximate surface area is 193 Å². The average Bonchev–Trinajstić information content (AvgIpc) is 3.19. The number of amides is 1. The molecular formula is C25H33F3N2O3. The topological polar surface area (TPSA) is 50.8 Å². The number of carbonyl (C=O) groups excluding carboxylic acids is 1. The first-order chi connectivity index (χ1) is 15.8. The Morgan fingerprint density at radius 2 is 1.88 bits per heavy atom. The molecule has 0 radical (unpaired) electrons. The van der Waals surface area contributed by atoms with E-state index in [1.54, 1.807) is 0 Å². The molecule has 1 spiro atoms. The van der Waals surface area contributed by atoms with E-state index in [-0.39, 0.29) is 11.5 Å². The third-order valence-electron chi connectivity index (χ3n) is 8.29. The average molecular weight is 467 g/mol. The lowest BCUT2D eigenvalue weighted by Crippen LogP contribution is -2.36. The molecule has 33 heavy (non-hydrogen) atoms. The van der Waals surface area contributed by atoms with Crippen LogP contribution in [-0.4, -0.2) is 49.5 Å². The van der Waals surface area contributed by atoms with Crippen molar-refractivity contribution >= 4 is 5.91 Å². The summed E-state index contributed by atoms with van der Waals surface area (Å²) in [5.41, 5.74) is 1.35. The fourth-order valence-electron chi connectivity index (χ4n) is 6.18. The van der Waals surface area contributed by atoms with Crippen molar-refractivity contribution in [3.05, 3.63) is 23.8 Å². The van der Waals surface area contributed by atoms with E-state index in [9.17, 15) is 18.0 Å². The number of rotatable bonds is 6. The maximum absolute atomic E-state index is 12.4. The molecule has 1 aromatic rings. The summed E-state index contributed by atoms with van der Waals surface area (Å²) in [7, 11) is 0. The minimum Gasteiger partial charge on any atom is -0.454 e. The van der Waals surface area contributed by atoms with Crippen molar-refractivity contribution in [3.63, 3.8) is 0 Å². The number of hydrogen-bond donors (Lipinski definition) is 1. The second-order valence-electron chi connectivity index (χ2n) is 10.4. The number of nitrogens with one attached hydrogen (secondary N) is 1. The summed E-state index contributed by atoms with van der Waals surface area (Å²) in [5.74, 6) is 2.12. The van der Waals surface area contributed by atoms with Gasteiger partial charge in [-0.3, -0.25) is 4.79 Å². The molecule has 4 aliphatic rings. The Balaban J connectivity index is 1.01. The summed E-state index contributed by atoms with van der Waals surface area (Å²) in [6.45, 7) is 3.62. The maximum atomic E-state index is 12.4. The predicted octanol–water partition coefficient (Wildman–Crippen LogP) is 5.00. The molecule has 3 fully saturated rings. The molecule has 1 saturated heterocycles. The quantitative estimate of drug-likeness (QED) is 0.641. The van der Waals surface area contributed by atoms with Gasteiger partial charge < -0.3 is 19.7 Å². The van der Waals surface area contributed by atoms with E-state index in [0.29, 0.717) is 18.6 Å². The van der Waals surface area contributed by atoms with Crippen molar-refractivity contribution in [3.8, 4) is 11.5 Å². The number of piperidine rings is 1. The number of carbonyl (C=O) groups is 1. The Morgan fingerprint density at radius 1 is 1.12 bits per heavy atom. The van der Waals surface area contributed by atoms with E-state index in [1.165, 1.54) is 12.0 Å². The zero-order chi connectivity index (χ0) is 23.1. The highest BCUT2D eigenvalue weighted by Gasteiger charge is 2.55. The van der Waals surface area contributed by atoms with Crippen molar-refractivity contribution < 1.29 is 27.4 Å². The van der Waals surface area contributed by atoms with Crippen LogP contribution >= 0.6 is 0 Å². The molecule has 5 rings (SSSR count). The first kappa shape index (κ1) is 22.8. The zero-order valence-electron chi connectivity index (χ0n) is 19.0. The first-order valence-corrected chi connectivity index (χ1v) is 12.3. The van der Waals surface area contributed by atoms with Crippen molar-refractivity contribution in [2.45, 2.75) is 75.9 Å². The molecule has 2 aliphatic carbocycles. The van der Waals surface area contributed by atoms with Gasteiger partial charge in [0.1, 0.15) is 6.42 Å². The van der Waals surface area contributed by atoms with Crippen LogP contribution in [-0.2, 0) is 4.79 Å². The summed E-state index contributed by atoms with van der Waals surface area (Å²) in [6.07, 6.45) is 2.78. The Kier molecular flexibility index (Phi) is 6.23. The number of alkyl halides is 3. The van der Waals surface area contributed by atoms with Gasteiger partial charge >= 0.3 is 6.18 Å². The van der Waals surface area contributed by atoms with E-state index >= 15 is 0 Å². The zero-order valence-corrected chi connectivity index (χ0v) is 19.0. The van der Waals surface area contributed by atoms with Gasteiger partial charge in [-0.2, -0.15) is 13.2 Å². The Bertz CT molecular complexity index is 859. The molecular weight excluding hydrogens is 433 g/mol. The predicted molar refractivity (Wildman–Crippen MR) is 117 cm³/mol. The Hall–Kier alpha value is -1.96. The minimum atomic E-state index is -4.43. The molecule has 5 nitrogen and oxygen atoms in total. The smallest absolute Gasteiger partial charge is 0.397 e. The summed E-state index contributed by atoms with van der Waals surface area (Å²) in [6, 6.07) is 6.14. The van der Waals surface area contributed by atoms with Gasteiger partial charge in [0, 0.05) is 11.6 Å². The molecule has 0 bridgehead atoms. The van der Waals surface area contributed by atoms with Crippen LogP contribution in [0.4, 0.5) is 13.2 Å². The standard InChI is InChI=1S/C25H33F3N2O3/c26-25(27,28)15-22(31)29-21-14-24(21)9-4-17(5-10-24)6-11-30-12-7-18(8-13-30)19-2-1-3-20-23(19)33-16-32-20/h1-3,17-18,21H,4-16H2,(H,29,31). The van der Waals surface area contributed by atoms with E-state index in [2.05, 4.69) is 22.3 Å². The van der Waals surface area contributed by atoms with Gasteiger partial charge in [0.05, 0.1) is 0 Å². The van der Waals surface area contributed by atoms with E-state index in [1.807, 2.05) is 6.07 Å². The lowest BCUT2D eigenvalue weighted by Gasteiger charge is -2.35. The third kappa shape index (κ3) is 5.26. The lowest BCUT2D eigenvalue weighted by atomic mass is 9.78. The lowest BCUT2D eigenvalue weighted by molar-refractivity contribution is -0.154. The van der Waals surface area contributed by atoms with E-state index in [0.717, 1.165) is 76.1 Å². The number of likely N-dealkylation sites (tertiary alicyclic amines) is 1. The van der Waals surface area contributed by atoms with Crippen molar-refractivity contribution in [2.24, 2.45) is 11.3 Å². The van der Waals surface area contributed by atoms with Crippen LogP contribution in [0.5, 0.6) is 11.5 Å². The highest BCUT2D eigenvalue weighted by molar-refractivity contribution is 5.77. The normalized spacial score (nSPS) is 29.9. The highest BCUT2D eigenvalue weighted by atomic mass is 19.4. The fourth-order valence-corrected chi connectivity index (χ4v) is 6.18. The SMILES string of the molecule is O=C(CC(F)(F)F)NC1CC12CCC(CCN1CCC(c3cccc4c3OCO4)CC1)CC2. The number of halogens is 3. The van der Waals surface area contributed by atoms with E-state index < -0.39 is 18.5 Å². The summed E-state index contributed by atoms with van der Waals surface area (Å²) < 4.78 is 48.4. The first-order valence-electron chi connectivity index (χ1n) is 12.3. The summed E-state index contributed by atoms with van der Waals surface area (Å²) in [4.78, 5) is 14.2. The molecule has 1 amide bonds. The molecule has 2 saturated carbocycles. The Morgan fingerprint density at radius 3 is 2.61 bits per heavy atom. The van der Waals surface area contributed by atoms with Crippen LogP contribution in [0.1, 0.15) is 69.3 Å². The van der Waals surface area contributed by atoms with Crippen LogP contribution in [0, 0.1) is 11.3 Å². The van der Waals surface area contributed by atoms with Crippen LogP contribution in [0.25, 0.3) is 0 Å². The molecule has 1 atom stereocenters. The second-order valence-corrected chi connectivity index (χ2v) is 10.4. The van der Waals surface area contributed by atoms with Crippen molar-refractivity contribution in [1.29, 1.82) is 0 Å². The number of para-hydroxylation sites is 1. The van der Waals surface area contributed by atoms with Crippen LogP contribution in [0.3, 0.4) is 0 Å². The van der Waals surface area contributed by atoms with Crippen molar-refractivity contribution in [1.82, 2.24) is 10.2 Å². The monoisotopic (exact) mass is 466 g/mol. The summed E-state index contributed by atoms with van der Waals surface area (Å²) >= 11 is 0. The molecule has 2 aliphatic heterocycles. The number of nitrogens with zero attached hydrogens (tertiary/aromatic N) is 1.